The van der Waals surface area contributed by atoms with Crippen molar-refractivity contribution in [2.45, 2.75) is 25.9 Å². The quantitative estimate of drug-likeness (QED) is 0.676. The Bertz CT molecular complexity index is 359. The second kappa shape index (κ2) is 6.07. The highest BCUT2D eigenvalue weighted by molar-refractivity contribution is 5.81. The van der Waals surface area contributed by atoms with Crippen LogP contribution in [0.1, 0.15) is 12.0 Å². The molecule has 1 amide bonds. The van der Waals surface area contributed by atoms with Gasteiger partial charge in [0.2, 0.25) is 5.91 Å². The van der Waals surface area contributed by atoms with Crippen LogP contribution in [-0.4, -0.2) is 28.3 Å². The van der Waals surface area contributed by atoms with E-state index in [1.165, 1.54) is 0 Å². The predicted molar refractivity (Wildman–Crippen MR) is 62.8 cm³/mol. The average molecular weight is 222 g/mol. The highest BCUT2D eigenvalue weighted by Crippen LogP contribution is 1.93. The Morgan fingerprint density at radius 3 is 3.12 bits per heavy atom. The maximum absolute atomic E-state index is 11.4. The van der Waals surface area contributed by atoms with Crippen molar-refractivity contribution in [3.05, 3.63) is 30.6 Å². The summed E-state index contributed by atoms with van der Waals surface area (Å²) < 4.78 is 1.79. The zero-order valence-electron chi connectivity index (χ0n) is 9.52. The Labute approximate surface area is 95.3 Å². The molecule has 0 aliphatic rings. The Morgan fingerprint density at radius 2 is 2.56 bits per heavy atom. The first-order valence-corrected chi connectivity index (χ1v) is 5.26. The summed E-state index contributed by atoms with van der Waals surface area (Å²) in [7, 11) is 0. The summed E-state index contributed by atoms with van der Waals surface area (Å²) in [5.41, 5.74) is 6.71. The lowest BCUT2D eigenvalue weighted by molar-refractivity contribution is -0.122. The smallest absolute Gasteiger partial charge is 0.237 e. The molecule has 1 aromatic rings. The van der Waals surface area contributed by atoms with Gasteiger partial charge in [0.05, 0.1) is 18.8 Å². The van der Waals surface area contributed by atoms with Crippen molar-refractivity contribution in [2.75, 3.05) is 6.54 Å². The lowest BCUT2D eigenvalue weighted by Gasteiger charge is -2.10. The van der Waals surface area contributed by atoms with E-state index in [0.29, 0.717) is 19.5 Å². The van der Waals surface area contributed by atoms with Crippen molar-refractivity contribution in [1.82, 2.24) is 15.1 Å². The zero-order valence-corrected chi connectivity index (χ0v) is 9.52. The number of nitrogens with one attached hydrogen (secondary N) is 1. The van der Waals surface area contributed by atoms with Gasteiger partial charge in [-0.15, -0.1) is 6.58 Å². The summed E-state index contributed by atoms with van der Waals surface area (Å²) in [5, 5.41) is 6.86. The minimum atomic E-state index is -0.503. The molecule has 1 aromatic heterocycles. The van der Waals surface area contributed by atoms with Crippen molar-refractivity contribution >= 4 is 5.91 Å². The predicted octanol–water partition coefficient (Wildman–Crippen LogP) is 0.211. The van der Waals surface area contributed by atoms with Crippen LogP contribution in [0.15, 0.2) is 25.0 Å². The maximum atomic E-state index is 11.4. The first-order chi connectivity index (χ1) is 7.63. The molecule has 5 nitrogen and oxygen atoms in total. The van der Waals surface area contributed by atoms with E-state index >= 15 is 0 Å². The fraction of sp³-hybridized carbons (Fsp3) is 0.455. The number of aryl methyl sites for hydroxylation is 1. The number of hydrogen-bond donors (Lipinski definition) is 2. The summed E-state index contributed by atoms with van der Waals surface area (Å²) >= 11 is 0. The molecule has 0 saturated heterocycles. The van der Waals surface area contributed by atoms with E-state index in [-0.39, 0.29) is 5.91 Å². The van der Waals surface area contributed by atoms with Crippen molar-refractivity contribution in [2.24, 2.45) is 5.73 Å². The molecular formula is C11H18N4O. The number of amides is 1. The first kappa shape index (κ1) is 12.4. The number of carbonyl (C=O) groups is 1. The van der Waals surface area contributed by atoms with E-state index in [1.807, 2.05) is 13.1 Å². The molecule has 1 unspecified atom stereocenters. The Balaban J connectivity index is 2.25. The lowest BCUT2D eigenvalue weighted by atomic mass is 10.2. The lowest BCUT2D eigenvalue weighted by Crippen LogP contribution is -2.41. The van der Waals surface area contributed by atoms with E-state index < -0.39 is 6.04 Å². The van der Waals surface area contributed by atoms with Crippen LogP contribution in [0.4, 0.5) is 0 Å². The number of rotatable bonds is 6. The van der Waals surface area contributed by atoms with Crippen LogP contribution in [0.3, 0.4) is 0 Å². The van der Waals surface area contributed by atoms with Gasteiger partial charge in [-0.25, -0.2) is 0 Å². The molecule has 16 heavy (non-hydrogen) atoms. The van der Waals surface area contributed by atoms with Gasteiger partial charge in [0.1, 0.15) is 0 Å². The molecule has 0 saturated carbocycles. The van der Waals surface area contributed by atoms with Gasteiger partial charge >= 0.3 is 0 Å². The van der Waals surface area contributed by atoms with Crippen LogP contribution >= 0.6 is 0 Å². The minimum absolute atomic E-state index is 0.149. The molecule has 1 atom stereocenters. The maximum Gasteiger partial charge on any atom is 0.237 e. The second-order valence-corrected chi connectivity index (χ2v) is 3.70. The SMILES string of the molecule is C=CCC(N)C(=O)NCCn1cc(C)cn1. The van der Waals surface area contributed by atoms with Gasteiger partial charge in [0, 0.05) is 12.7 Å². The summed E-state index contributed by atoms with van der Waals surface area (Å²) in [4.78, 5) is 11.4. The van der Waals surface area contributed by atoms with E-state index in [1.54, 1.807) is 17.0 Å². The van der Waals surface area contributed by atoms with Crippen LogP contribution in [0.25, 0.3) is 0 Å². The first-order valence-electron chi connectivity index (χ1n) is 5.26. The number of carbonyl (C=O) groups excluding carboxylic acids is 1. The molecule has 88 valence electrons. The molecule has 1 heterocycles. The molecule has 0 spiro atoms. The van der Waals surface area contributed by atoms with Gasteiger partial charge < -0.3 is 11.1 Å². The van der Waals surface area contributed by atoms with Gasteiger partial charge in [0.15, 0.2) is 0 Å². The van der Waals surface area contributed by atoms with Gasteiger partial charge in [-0.05, 0) is 18.9 Å². The molecule has 0 fully saturated rings. The molecule has 0 radical (unpaired) electrons. The summed E-state index contributed by atoms with van der Waals surface area (Å²) in [5.74, 6) is -0.149. The fourth-order valence-electron chi connectivity index (χ4n) is 1.30. The highest BCUT2D eigenvalue weighted by atomic mass is 16.2. The van der Waals surface area contributed by atoms with Gasteiger partial charge in [-0.2, -0.15) is 5.10 Å². The number of aromatic nitrogens is 2. The van der Waals surface area contributed by atoms with E-state index in [9.17, 15) is 4.79 Å². The summed E-state index contributed by atoms with van der Waals surface area (Å²) in [6, 6.07) is -0.503. The van der Waals surface area contributed by atoms with Crippen LogP contribution in [0, 0.1) is 6.92 Å². The summed E-state index contributed by atoms with van der Waals surface area (Å²) in [6.07, 6.45) is 5.84. The molecule has 3 N–H and O–H groups in total. The number of hydrogen-bond acceptors (Lipinski definition) is 3. The summed E-state index contributed by atoms with van der Waals surface area (Å²) in [6.45, 7) is 6.70. The molecule has 0 bridgehead atoms. The van der Waals surface area contributed by atoms with E-state index in [2.05, 4.69) is 17.0 Å². The third-order valence-electron chi connectivity index (χ3n) is 2.16. The standard InChI is InChI=1S/C11H18N4O/c1-3-4-10(12)11(16)13-5-6-15-8-9(2)7-14-15/h3,7-8,10H,1,4-6,12H2,2H3,(H,13,16). The zero-order chi connectivity index (χ0) is 12.0. The van der Waals surface area contributed by atoms with Crippen LogP contribution in [-0.2, 0) is 11.3 Å². The van der Waals surface area contributed by atoms with Crippen molar-refractivity contribution < 1.29 is 4.79 Å². The van der Waals surface area contributed by atoms with Crippen molar-refractivity contribution in [3.63, 3.8) is 0 Å². The van der Waals surface area contributed by atoms with E-state index in [0.717, 1.165) is 5.56 Å². The molecule has 0 aromatic carbocycles. The number of nitrogens with two attached hydrogens (primary N) is 1. The van der Waals surface area contributed by atoms with Crippen LogP contribution in [0.2, 0.25) is 0 Å². The fourth-order valence-corrected chi connectivity index (χ4v) is 1.30. The highest BCUT2D eigenvalue weighted by Gasteiger charge is 2.10. The second-order valence-electron chi connectivity index (χ2n) is 3.70. The number of nitrogens with zero attached hydrogens (tertiary/aromatic N) is 2. The van der Waals surface area contributed by atoms with Gasteiger partial charge in [-0.1, -0.05) is 6.08 Å². The van der Waals surface area contributed by atoms with E-state index in [4.69, 9.17) is 5.73 Å². The van der Waals surface area contributed by atoms with Gasteiger partial charge in [-0.3, -0.25) is 9.48 Å². The van der Waals surface area contributed by atoms with Gasteiger partial charge in [0.25, 0.3) is 0 Å². The average Bonchev–Trinajstić information content (AvgIpc) is 2.64. The van der Waals surface area contributed by atoms with Crippen LogP contribution in [0.5, 0.6) is 0 Å². The van der Waals surface area contributed by atoms with Crippen molar-refractivity contribution in [3.8, 4) is 0 Å². The molecule has 0 aliphatic carbocycles. The Morgan fingerprint density at radius 1 is 1.81 bits per heavy atom. The third-order valence-corrected chi connectivity index (χ3v) is 2.16. The molecule has 1 rings (SSSR count). The Kier molecular flexibility index (Phi) is 4.72. The minimum Gasteiger partial charge on any atom is -0.353 e. The third kappa shape index (κ3) is 3.86. The Hall–Kier alpha value is -1.62. The monoisotopic (exact) mass is 222 g/mol. The topological polar surface area (TPSA) is 72.9 Å². The molecule has 5 heteroatoms. The van der Waals surface area contributed by atoms with Crippen LogP contribution < -0.4 is 11.1 Å². The normalized spacial score (nSPS) is 12.1. The molecular weight excluding hydrogens is 204 g/mol. The molecule has 0 aliphatic heterocycles. The largest absolute Gasteiger partial charge is 0.353 e. The van der Waals surface area contributed by atoms with Crippen molar-refractivity contribution in [1.29, 1.82) is 0 Å².